The van der Waals surface area contributed by atoms with Crippen LogP contribution in [0.25, 0.3) is 0 Å². The van der Waals surface area contributed by atoms with E-state index < -0.39 is 0 Å². The molecule has 1 N–H and O–H groups in total. The molecule has 1 fully saturated rings. The number of hydrogen-bond donors (Lipinski definition) is 1. The van der Waals surface area contributed by atoms with E-state index >= 15 is 0 Å². The molecule has 0 amide bonds. The van der Waals surface area contributed by atoms with Crippen LogP contribution < -0.4 is 15.1 Å². The summed E-state index contributed by atoms with van der Waals surface area (Å²) >= 11 is 6.24. The molecule has 5 nitrogen and oxygen atoms in total. The molecule has 3 aromatic rings. The fourth-order valence-corrected chi connectivity index (χ4v) is 3.55. The van der Waals surface area contributed by atoms with Crippen LogP contribution in [0.15, 0.2) is 54.6 Å². The minimum Gasteiger partial charge on any atom is -0.366 e. The van der Waals surface area contributed by atoms with Gasteiger partial charge in [-0.1, -0.05) is 35.9 Å². The maximum Gasteiger partial charge on any atom is 0.146 e. The molecule has 7 heteroatoms. The molecular formula is C21H21ClFN5. The molecule has 0 aliphatic carbocycles. The van der Waals surface area contributed by atoms with Gasteiger partial charge in [-0.15, -0.1) is 0 Å². The number of nitrogens with zero attached hydrogens (tertiary/aromatic N) is 4. The number of hydrogen-bond acceptors (Lipinski definition) is 5. The van der Waals surface area contributed by atoms with Crippen LogP contribution in [0.4, 0.5) is 27.4 Å². The lowest BCUT2D eigenvalue weighted by Gasteiger charge is -2.37. The highest BCUT2D eigenvalue weighted by Gasteiger charge is 2.21. The lowest BCUT2D eigenvalue weighted by molar-refractivity contribution is 0.596. The van der Waals surface area contributed by atoms with Gasteiger partial charge in [0.1, 0.15) is 23.3 Å². The first-order valence-electron chi connectivity index (χ1n) is 9.22. The number of aromatic nitrogens is 2. The van der Waals surface area contributed by atoms with Crippen molar-refractivity contribution in [3.63, 3.8) is 0 Å². The molecule has 0 saturated carbocycles. The Bertz CT molecular complexity index is 973. The normalized spacial score (nSPS) is 14.2. The lowest BCUT2D eigenvalue weighted by Crippen LogP contribution is -2.47. The van der Waals surface area contributed by atoms with Crippen LogP contribution in [0.3, 0.4) is 0 Å². The molecule has 0 spiro atoms. The molecule has 0 unspecified atom stereocenters. The fraction of sp³-hybridized carbons (Fsp3) is 0.238. The monoisotopic (exact) mass is 397 g/mol. The number of rotatable bonds is 4. The minimum absolute atomic E-state index is 0.181. The molecular weight excluding hydrogens is 377 g/mol. The van der Waals surface area contributed by atoms with Crippen LogP contribution in [0.2, 0.25) is 5.02 Å². The van der Waals surface area contributed by atoms with Gasteiger partial charge in [0.2, 0.25) is 0 Å². The van der Waals surface area contributed by atoms with E-state index in [1.54, 1.807) is 6.07 Å². The lowest BCUT2D eigenvalue weighted by atomic mass is 10.2. The third-order valence-electron chi connectivity index (χ3n) is 4.76. The highest BCUT2D eigenvalue weighted by molar-refractivity contribution is 6.33. The zero-order chi connectivity index (χ0) is 19.5. The van der Waals surface area contributed by atoms with Crippen molar-refractivity contribution in [2.75, 3.05) is 41.3 Å². The fourth-order valence-electron chi connectivity index (χ4n) is 3.36. The van der Waals surface area contributed by atoms with Gasteiger partial charge in [0, 0.05) is 32.2 Å². The van der Waals surface area contributed by atoms with E-state index in [0.717, 1.165) is 37.7 Å². The standard InChI is InChI=1S/C21H21ClFN5/c1-15-24-20(26-18-8-4-2-6-16(18)22)14-21(25-15)28-12-10-27(11-13-28)19-9-5-3-7-17(19)23/h2-9,14H,10-13H2,1H3,(H,24,25,26). The Morgan fingerprint density at radius 2 is 1.61 bits per heavy atom. The predicted octanol–water partition coefficient (Wildman–Crippen LogP) is 4.65. The van der Waals surface area contributed by atoms with Gasteiger partial charge in [0.15, 0.2) is 0 Å². The van der Waals surface area contributed by atoms with Crippen LogP contribution >= 0.6 is 11.6 Å². The number of benzene rings is 2. The molecule has 1 aliphatic rings. The SMILES string of the molecule is Cc1nc(Nc2ccccc2Cl)cc(N2CCN(c3ccccc3F)CC2)n1. The molecule has 0 atom stereocenters. The summed E-state index contributed by atoms with van der Waals surface area (Å²) in [5.74, 6) is 2.06. The Morgan fingerprint density at radius 1 is 0.929 bits per heavy atom. The quantitative estimate of drug-likeness (QED) is 0.694. The van der Waals surface area contributed by atoms with Crippen LogP contribution in [0.1, 0.15) is 5.82 Å². The third kappa shape index (κ3) is 4.02. The number of para-hydroxylation sites is 2. The van der Waals surface area contributed by atoms with E-state index in [2.05, 4.69) is 25.1 Å². The smallest absolute Gasteiger partial charge is 0.146 e. The first-order valence-corrected chi connectivity index (χ1v) is 9.59. The number of halogens is 2. The molecule has 4 rings (SSSR count). The minimum atomic E-state index is -0.181. The summed E-state index contributed by atoms with van der Waals surface area (Å²) in [6.45, 7) is 4.86. The van der Waals surface area contributed by atoms with Crippen LogP contribution in [0, 0.1) is 12.7 Å². The Hall–Kier alpha value is -2.86. The van der Waals surface area contributed by atoms with Crippen molar-refractivity contribution in [3.05, 3.63) is 71.3 Å². The Labute approximate surface area is 168 Å². The van der Waals surface area contributed by atoms with E-state index in [1.807, 2.05) is 49.4 Å². The van der Waals surface area contributed by atoms with Gasteiger partial charge in [-0.05, 0) is 31.2 Å². The molecule has 28 heavy (non-hydrogen) atoms. The van der Waals surface area contributed by atoms with Crippen LogP contribution in [-0.2, 0) is 0 Å². The zero-order valence-corrected chi connectivity index (χ0v) is 16.3. The van der Waals surface area contributed by atoms with Crippen molar-refractivity contribution >= 4 is 34.6 Å². The number of aryl methyl sites for hydroxylation is 1. The second-order valence-corrected chi connectivity index (χ2v) is 7.10. The number of anilines is 4. The third-order valence-corrected chi connectivity index (χ3v) is 5.09. The molecule has 1 saturated heterocycles. The first-order chi connectivity index (χ1) is 13.6. The van der Waals surface area contributed by atoms with E-state index in [1.165, 1.54) is 6.07 Å². The second kappa shape index (κ2) is 8.02. The van der Waals surface area contributed by atoms with Crippen molar-refractivity contribution in [1.29, 1.82) is 0 Å². The van der Waals surface area contributed by atoms with Gasteiger partial charge in [0.05, 0.1) is 16.4 Å². The maximum atomic E-state index is 14.0. The molecule has 1 aliphatic heterocycles. The molecule has 2 heterocycles. The summed E-state index contributed by atoms with van der Waals surface area (Å²) in [7, 11) is 0. The van der Waals surface area contributed by atoms with Gasteiger partial charge in [-0.3, -0.25) is 0 Å². The summed E-state index contributed by atoms with van der Waals surface area (Å²) < 4.78 is 14.0. The topological polar surface area (TPSA) is 44.3 Å². The van der Waals surface area contributed by atoms with Crippen molar-refractivity contribution in [2.24, 2.45) is 0 Å². The van der Waals surface area contributed by atoms with Gasteiger partial charge in [0.25, 0.3) is 0 Å². The van der Waals surface area contributed by atoms with E-state index in [0.29, 0.717) is 22.4 Å². The molecule has 1 aromatic heterocycles. The molecule has 0 radical (unpaired) electrons. The Kier molecular flexibility index (Phi) is 5.30. The average Bonchev–Trinajstić information content (AvgIpc) is 2.70. The van der Waals surface area contributed by atoms with Gasteiger partial charge in [-0.25, -0.2) is 14.4 Å². The van der Waals surface area contributed by atoms with Gasteiger partial charge < -0.3 is 15.1 Å². The summed E-state index contributed by atoms with van der Waals surface area (Å²) in [5, 5.41) is 3.90. The van der Waals surface area contributed by atoms with Gasteiger partial charge >= 0.3 is 0 Å². The summed E-state index contributed by atoms with van der Waals surface area (Å²) in [4.78, 5) is 13.3. The number of nitrogens with one attached hydrogen (secondary N) is 1. The van der Waals surface area contributed by atoms with Crippen LogP contribution in [0.5, 0.6) is 0 Å². The van der Waals surface area contributed by atoms with Crippen molar-refractivity contribution < 1.29 is 4.39 Å². The largest absolute Gasteiger partial charge is 0.366 e. The maximum absolute atomic E-state index is 14.0. The van der Waals surface area contributed by atoms with Crippen molar-refractivity contribution in [2.45, 2.75) is 6.92 Å². The van der Waals surface area contributed by atoms with Crippen molar-refractivity contribution in [3.8, 4) is 0 Å². The highest BCUT2D eigenvalue weighted by Crippen LogP contribution is 2.27. The van der Waals surface area contributed by atoms with E-state index in [9.17, 15) is 4.39 Å². The summed E-state index contributed by atoms with van der Waals surface area (Å²) in [6.07, 6.45) is 0. The van der Waals surface area contributed by atoms with Crippen LogP contribution in [-0.4, -0.2) is 36.1 Å². The van der Waals surface area contributed by atoms with Gasteiger partial charge in [-0.2, -0.15) is 0 Å². The molecule has 144 valence electrons. The molecule has 0 bridgehead atoms. The average molecular weight is 398 g/mol. The molecule has 2 aromatic carbocycles. The number of piperazine rings is 1. The highest BCUT2D eigenvalue weighted by atomic mass is 35.5. The van der Waals surface area contributed by atoms with Crippen molar-refractivity contribution in [1.82, 2.24) is 9.97 Å². The summed E-state index contributed by atoms with van der Waals surface area (Å²) in [5.41, 5.74) is 1.46. The zero-order valence-electron chi connectivity index (χ0n) is 15.6. The Morgan fingerprint density at radius 3 is 2.36 bits per heavy atom. The predicted molar refractivity (Wildman–Crippen MR) is 112 cm³/mol. The van der Waals surface area contributed by atoms with E-state index in [-0.39, 0.29) is 5.82 Å². The van der Waals surface area contributed by atoms with E-state index in [4.69, 9.17) is 11.6 Å². The Balaban J connectivity index is 1.49. The summed E-state index contributed by atoms with van der Waals surface area (Å²) in [6, 6.07) is 16.4. The second-order valence-electron chi connectivity index (χ2n) is 6.69. The first kappa shape index (κ1) is 18.5.